The maximum absolute atomic E-state index is 14.1. The van der Waals surface area contributed by atoms with Gasteiger partial charge in [-0.15, -0.1) is 0 Å². The van der Waals surface area contributed by atoms with Crippen LogP contribution in [-0.4, -0.2) is 59.0 Å². The molecule has 4 rings (SSSR count). The Morgan fingerprint density at radius 1 is 1.26 bits per heavy atom. The fraction of sp³-hybridized carbons (Fsp3) is 0.517. The number of hydrogen-bond acceptors (Lipinski definition) is 4. The summed E-state index contributed by atoms with van der Waals surface area (Å²) in [6, 6.07) is 4.01. The minimum absolute atomic E-state index is 0.0223. The fourth-order valence-corrected chi connectivity index (χ4v) is 5.05. The second kappa shape index (κ2) is 11.7. The zero-order valence-electron chi connectivity index (χ0n) is 21.3. The van der Waals surface area contributed by atoms with Crippen molar-refractivity contribution in [3.05, 3.63) is 82.5 Å². The molecule has 6 nitrogen and oxygen atoms in total. The Bertz CT molecular complexity index is 1060. The standard InChI is InChI=1S/C29H40N4O2/c1-4-5-15-32-16-8-6-7-9-22(2)24(20-32)21-33(25-10-11-25)29(35)27-19-30-14-12-26(27)23-13-17-31(3)28(34)18-23/h6-9,13,17-18,20,25-27,30H,2,4-5,10-12,14-16,19,21H2,1,3H3/b8-6-,9-7-,24-20?/t26-,27+/m1/s1. The number of carbonyl (C=O) groups is 1. The molecule has 1 saturated carbocycles. The van der Waals surface area contributed by atoms with Crippen LogP contribution in [0.3, 0.4) is 0 Å². The van der Waals surface area contributed by atoms with Crippen LogP contribution in [0.15, 0.2) is 71.4 Å². The van der Waals surface area contributed by atoms with Gasteiger partial charge in [-0.1, -0.05) is 44.2 Å². The van der Waals surface area contributed by atoms with Crippen molar-refractivity contribution in [1.29, 1.82) is 0 Å². The van der Waals surface area contributed by atoms with Gasteiger partial charge in [-0.05, 0) is 60.9 Å². The Morgan fingerprint density at radius 2 is 2.09 bits per heavy atom. The van der Waals surface area contributed by atoms with Gasteiger partial charge in [0.1, 0.15) is 0 Å². The summed E-state index contributed by atoms with van der Waals surface area (Å²) in [7, 11) is 1.76. The predicted molar refractivity (Wildman–Crippen MR) is 142 cm³/mol. The van der Waals surface area contributed by atoms with Crippen molar-refractivity contribution >= 4 is 5.91 Å². The Hall–Kier alpha value is -2.86. The molecule has 6 heteroatoms. The highest BCUT2D eigenvalue weighted by atomic mass is 16.2. The minimum atomic E-state index is -0.171. The highest BCUT2D eigenvalue weighted by Gasteiger charge is 2.40. The SMILES string of the molecule is C=C1/C=C\C=C/CN(CCCC)C=C1CN(C(=O)[C@H]1CNCC[C@@H]1c1ccn(C)c(=O)c1)C1CC1. The molecule has 188 valence electrons. The van der Waals surface area contributed by atoms with Crippen molar-refractivity contribution in [3.8, 4) is 0 Å². The predicted octanol–water partition coefficient (Wildman–Crippen LogP) is 3.74. The number of hydrogen-bond donors (Lipinski definition) is 1. The van der Waals surface area contributed by atoms with Crippen LogP contribution >= 0.6 is 0 Å². The van der Waals surface area contributed by atoms with E-state index in [-0.39, 0.29) is 23.3 Å². The Balaban J connectivity index is 1.59. The van der Waals surface area contributed by atoms with E-state index in [0.29, 0.717) is 19.1 Å². The molecule has 0 radical (unpaired) electrons. The van der Waals surface area contributed by atoms with E-state index >= 15 is 0 Å². The first-order valence-corrected chi connectivity index (χ1v) is 13.1. The minimum Gasteiger partial charge on any atom is -0.373 e. The largest absolute Gasteiger partial charge is 0.373 e. The lowest BCUT2D eigenvalue weighted by molar-refractivity contribution is -0.136. The Labute approximate surface area is 209 Å². The number of nitrogens with zero attached hydrogens (tertiary/aromatic N) is 3. The normalized spacial score (nSPS) is 24.7. The quantitative estimate of drug-likeness (QED) is 0.621. The molecule has 0 bridgehead atoms. The average molecular weight is 477 g/mol. The second-order valence-corrected chi connectivity index (χ2v) is 10.1. The summed E-state index contributed by atoms with van der Waals surface area (Å²) in [6.45, 7) is 10.5. The second-order valence-electron chi connectivity index (χ2n) is 10.1. The summed E-state index contributed by atoms with van der Waals surface area (Å²) in [6.07, 6.45) is 17.6. The summed E-state index contributed by atoms with van der Waals surface area (Å²) in [5, 5.41) is 3.43. The summed E-state index contributed by atoms with van der Waals surface area (Å²) in [4.78, 5) is 30.8. The summed E-state index contributed by atoms with van der Waals surface area (Å²) in [5.74, 6) is 0.0815. The van der Waals surface area contributed by atoms with E-state index in [1.807, 2.05) is 24.4 Å². The van der Waals surface area contributed by atoms with E-state index in [1.165, 1.54) is 0 Å². The highest BCUT2D eigenvalue weighted by Crippen LogP contribution is 2.36. The lowest BCUT2D eigenvalue weighted by atomic mass is 9.80. The molecule has 1 aliphatic carbocycles. The lowest BCUT2D eigenvalue weighted by Crippen LogP contribution is -2.48. The van der Waals surface area contributed by atoms with E-state index in [9.17, 15) is 9.59 Å². The summed E-state index contributed by atoms with van der Waals surface area (Å²) >= 11 is 0. The number of pyridine rings is 1. The van der Waals surface area contributed by atoms with E-state index in [2.05, 4.69) is 47.0 Å². The Kier molecular flexibility index (Phi) is 8.45. The first-order chi connectivity index (χ1) is 17.0. The summed E-state index contributed by atoms with van der Waals surface area (Å²) < 4.78 is 1.58. The van der Waals surface area contributed by atoms with Crippen LogP contribution in [0.1, 0.15) is 50.5 Å². The number of unbranched alkanes of at least 4 members (excludes halogenated alkanes) is 1. The van der Waals surface area contributed by atoms with Crippen molar-refractivity contribution < 1.29 is 4.79 Å². The van der Waals surface area contributed by atoms with Crippen LogP contribution in [0.4, 0.5) is 0 Å². The molecule has 2 fully saturated rings. The van der Waals surface area contributed by atoms with Crippen molar-refractivity contribution in [1.82, 2.24) is 19.7 Å². The van der Waals surface area contributed by atoms with Crippen LogP contribution in [-0.2, 0) is 11.8 Å². The third kappa shape index (κ3) is 6.43. The molecule has 1 saturated heterocycles. The number of carbonyl (C=O) groups excluding carboxylic acids is 1. The number of nitrogens with one attached hydrogen (secondary N) is 1. The highest BCUT2D eigenvalue weighted by molar-refractivity contribution is 5.81. The first kappa shape index (κ1) is 25.2. The first-order valence-electron chi connectivity index (χ1n) is 13.1. The van der Waals surface area contributed by atoms with Crippen LogP contribution in [0.25, 0.3) is 0 Å². The van der Waals surface area contributed by atoms with Gasteiger partial charge in [0.15, 0.2) is 0 Å². The monoisotopic (exact) mass is 476 g/mol. The molecule has 1 N–H and O–H groups in total. The maximum atomic E-state index is 14.1. The topological polar surface area (TPSA) is 57.6 Å². The molecule has 0 aromatic carbocycles. The maximum Gasteiger partial charge on any atom is 0.250 e. The van der Waals surface area contributed by atoms with Crippen molar-refractivity contribution in [2.45, 2.75) is 51.0 Å². The third-order valence-electron chi connectivity index (χ3n) is 7.40. The van der Waals surface area contributed by atoms with Gasteiger partial charge >= 0.3 is 0 Å². The molecule has 1 aromatic heterocycles. The summed E-state index contributed by atoms with van der Waals surface area (Å²) in [5.41, 5.74) is 3.02. The molecule has 3 aliphatic rings. The molecule has 2 aliphatic heterocycles. The lowest BCUT2D eigenvalue weighted by Gasteiger charge is -2.36. The van der Waals surface area contributed by atoms with Gasteiger partial charge in [0.25, 0.3) is 5.56 Å². The Morgan fingerprint density at radius 3 is 2.83 bits per heavy atom. The zero-order valence-corrected chi connectivity index (χ0v) is 21.3. The molecule has 3 heterocycles. The van der Waals surface area contributed by atoms with Crippen LogP contribution < -0.4 is 10.9 Å². The van der Waals surface area contributed by atoms with Crippen molar-refractivity contribution in [2.75, 3.05) is 32.7 Å². The van der Waals surface area contributed by atoms with Gasteiger partial charge < -0.3 is 19.7 Å². The number of amides is 1. The van der Waals surface area contributed by atoms with Gasteiger partial charge in [0, 0.05) is 57.7 Å². The van der Waals surface area contributed by atoms with Gasteiger partial charge in [0.05, 0.1) is 5.92 Å². The third-order valence-corrected chi connectivity index (χ3v) is 7.40. The molecule has 0 spiro atoms. The van der Waals surface area contributed by atoms with Gasteiger partial charge in [0.2, 0.25) is 5.91 Å². The fourth-order valence-electron chi connectivity index (χ4n) is 5.05. The average Bonchev–Trinajstić information content (AvgIpc) is 3.69. The molecule has 35 heavy (non-hydrogen) atoms. The van der Waals surface area contributed by atoms with Crippen LogP contribution in [0.2, 0.25) is 0 Å². The van der Waals surface area contributed by atoms with Gasteiger partial charge in [-0.3, -0.25) is 9.59 Å². The van der Waals surface area contributed by atoms with Gasteiger partial charge in [-0.25, -0.2) is 0 Å². The van der Waals surface area contributed by atoms with Crippen LogP contribution in [0.5, 0.6) is 0 Å². The number of rotatable bonds is 8. The molecular formula is C29H40N4O2. The van der Waals surface area contributed by atoms with E-state index in [0.717, 1.165) is 68.4 Å². The molecular weight excluding hydrogens is 436 g/mol. The van der Waals surface area contributed by atoms with E-state index < -0.39 is 0 Å². The number of allylic oxidation sites excluding steroid dienone is 3. The molecule has 0 unspecified atom stereocenters. The molecule has 1 aromatic rings. The van der Waals surface area contributed by atoms with Crippen molar-refractivity contribution in [2.24, 2.45) is 13.0 Å². The zero-order chi connectivity index (χ0) is 24.8. The number of piperidine rings is 1. The molecule has 2 atom stereocenters. The molecule has 1 amide bonds. The van der Waals surface area contributed by atoms with Crippen molar-refractivity contribution in [3.63, 3.8) is 0 Å². The van der Waals surface area contributed by atoms with Crippen LogP contribution in [0, 0.1) is 5.92 Å². The van der Waals surface area contributed by atoms with E-state index in [4.69, 9.17) is 0 Å². The smallest absolute Gasteiger partial charge is 0.250 e. The van der Waals surface area contributed by atoms with E-state index in [1.54, 1.807) is 17.7 Å². The number of aromatic nitrogens is 1. The number of aryl methyl sites for hydroxylation is 1. The van der Waals surface area contributed by atoms with Gasteiger partial charge in [-0.2, -0.15) is 0 Å².